The Balaban J connectivity index is 1.70. The van der Waals surface area contributed by atoms with E-state index in [0.717, 1.165) is 21.0 Å². The van der Waals surface area contributed by atoms with Gasteiger partial charge in [0.15, 0.2) is 14.2 Å². The number of fused-ring (bicyclic) bond motifs is 1. The summed E-state index contributed by atoms with van der Waals surface area (Å²) >= 11 is 8.92. The molecular weight excluding hydrogens is 412 g/mol. The summed E-state index contributed by atoms with van der Waals surface area (Å²) in [5.74, 6) is 0.481. The summed E-state index contributed by atoms with van der Waals surface area (Å²) in [6.45, 7) is 3.99. The van der Waals surface area contributed by atoms with Gasteiger partial charge < -0.3 is 4.90 Å². The molecule has 26 heavy (non-hydrogen) atoms. The van der Waals surface area contributed by atoms with Crippen LogP contribution < -0.4 is 0 Å². The summed E-state index contributed by atoms with van der Waals surface area (Å²) in [5, 5.41) is 0.640. The lowest BCUT2D eigenvalue weighted by Gasteiger charge is -2.33. The number of nitrogens with zero attached hydrogens (tertiary/aromatic N) is 2. The lowest BCUT2D eigenvalue weighted by atomic mass is 10.1. The zero-order valence-corrected chi connectivity index (χ0v) is 17.8. The molecule has 0 spiro atoms. The third-order valence-electron chi connectivity index (χ3n) is 4.60. The molecule has 3 rings (SSSR count). The molecule has 2 atom stereocenters. The number of carbonyl (C=O) groups is 1. The van der Waals surface area contributed by atoms with Gasteiger partial charge in [0.1, 0.15) is 0 Å². The standard InChI is InChI=1S/C17H21ClN2O3S3/c1-3-11(2)20(13-6-7-26(22,23)10-13)16(21)9-24-17-19-14-8-12(18)4-5-15(14)25-17/h4-5,8,11,13H,3,6-7,9-10H2,1-2H3/t11-,13+/m0/s1. The normalized spacial score (nSPS) is 20.3. The number of benzene rings is 1. The molecule has 0 radical (unpaired) electrons. The number of thiazole rings is 1. The number of hydrogen-bond acceptors (Lipinski definition) is 6. The average Bonchev–Trinajstić information content (AvgIpc) is 3.15. The fourth-order valence-electron chi connectivity index (χ4n) is 3.14. The molecule has 1 aromatic carbocycles. The first kappa shape index (κ1) is 19.9. The number of hydrogen-bond donors (Lipinski definition) is 0. The first-order chi connectivity index (χ1) is 12.3. The molecule has 1 aliphatic heterocycles. The number of thioether (sulfide) groups is 1. The Bertz CT molecular complexity index is 913. The monoisotopic (exact) mass is 432 g/mol. The van der Waals surface area contributed by atoms with Crippen LogP contribution in [0.4, 0.5) is 0 Å². The minimum Gasteiger partial charge on any atom is -0.335 e. The van der Waals surface area contributed by atoms with E-state index in [2.05, 4.69) is 4.98 Å². The lowest BCUT2D eigenvalue weighted by molar-refractivity contribution is -0.132. The fraction of sp³-hybridized carbons (Fsp3) is 0.529. The van der Waals surface area contributed by atoms with Crippen molar-refractivity contribution in [2.75, 3.05) is 17.3 Å². The Morgan fingerprint density at radius 2 is 2.27 bits per heavy atom. The number of sulfone groups is 1. The molecule has 1 aromatic heterocycles. The van der Waals surface area contributed by atoms with Gasteiger partial charge >= 0.3 is 0 Å². The van der Waals surface area contributed by atoms with Crippen molar-refractivity contribution >= 4 is 60.7 Å². The molecule has 0 N–H and O–H groups in total. The van der Waals surface area contributed by atoms with Crippen LogP contribution in [-0.4, -0.2) is 53.6 Å². The average molecular weight is 433 g/mol. The van der Waals surface area contributed by atoms with Crippen molar-refractivity contribution < 1.29 is 13.2 Å². The van der Waals surface area contributed by atoms with Crippen LogP contribution in [0.1, 0.15) is 26.7 Å². The molecule has 5 nitrogen and oxygen atoms in total. The van der Waals surface area contributed by atoms with Crippen LogP contribution in [0.15, 0.2) is 22.5 Å². The van der Waals surface area contributed by atoms with Gasteiger partial charge in [-0.2, -0.15) is 0 Å². The first-order valence-electron chi connectivity index (χ1n) is 8.49. The SMILES string of the molecule is CC[C@H](C)N(C(=O)CSc1nc2cc(Cl)ccc2s1)[C@@H]1CCS(=O)(=O)C1. The predicted octanol–water partition coefficient (Wildman–Crippen LogP) is 3.86. The highest BCUT2D eigenvalue weighted by Crippen LogP contribution is 2.32. The van der Waals surface area contributed by atoms with E-state index in [9.17, 15) is 13.2 Å². The van der Waals surface area contributed by atoms with Crippen LogP contribution in [0.2, 0.25) is 5.02 Å². The summed E-state index contributed by atoms with van der Waals surface area (Å²) < 4.78 is 25.5. The van der Waals surface area contributed by atoms with Crippen molar-refractivity contribution in [3.8, 4) is 0 Å². The molecule has 0 unspecified atom stereocenters. The van der Waals surface area contributed by atoms with Gasteiger partial charge in [-0.05, 0) is 38.0 Å². The van der Waals surface area contributed by atoms with Gasteiger partial charge in [-0.1, -0.05) is 30.3 Å². The van der Waals surface area contributed by atoms with Crippen LogP contribution in [0.5, 0.6) is 0 Å². The van der Waals surface area contributed by atoms with Crippen LogP contribution in [-0.2, 0) is 14.6 Å². The van der Waals surface area contributed by atoms with Crippen molar-refractivity contribution in [2.24, 2.45) is 0 Å². The second-order valence-electron chi connectivity index (χ2n) is 6.50. The van der Waals surface area contributed by atoms with E-state index in [0.29, 0.717) is 11.4 Å². The van der Waals surface area contributed by atoms with E-state index in [4.69, 9.17) is 11.6 Å². The van der Waals surface area contributed by atoms with E-state index in [1.54, 1.807) is 4.90 Å². The van der Waals surface area contributed by atoms with Crippen LogP contribution >= 0.6 is 34.7 Å². The third kappa shape index (κ3) is 4.52. The highest BCUT2D eigenvalue weighted by molar-refractivity contribution is 8.01. The highest BCUT2D eigenvalue weighted by Gasteiger charge is 2.36. The molecule has 0 saturated carbocycles. The van der Waals surface area contributed by atoms with E-state index in [1.807, 2.05) is 32.0 Å². The molecule has 1 amide bonds. The van der Waals surface area contributed by atoms with Gasteiger partial charge in [0.25, 0.3) is 0 Å². The molecule has 0 bridgehead atoms. The van der Waals surface area contributed by atoms with Gasteiger partial charge in [0.2, 0.25) is 5.91 Å². The third-order valence-corrected chi connectivity index (χ3v) is 8.75. The topological polar surface area (TPSA) is 67.3 Å². The van der Waals surface area contributed by atoms with Gasteiger partial charge in [0, 0.05) is 17.1 Å². The molecule has 9 heteroatoms. The highest BCUT2D eigenvalue weighted by atomic mass is 35.5. The summed E-state index contributed by atoms with van der Waals surface area (Å²) in [4.78, 5) is 19.2. The van der Waals surface area contributed by atoms with Gasteiger partial charge in [-0.15, -0.1) is 11.3 Å². The van der Waals surface area contributed by atoms with Gasteiger partial charge in [-0.25, -0.2) is 13.4 Å². The molecule has 2 heterocycles. The number of halogens is 1. The zero-order valence-electron chi connectivity index (χ0n) is 14.6. The molecule has 1 aliphatic rings. The molecule has 2 aromatic rings. The number of amides is 1. The van der Waals surface area contributed by atoms with Crippen molar-refractivity contribution in [1.82, 2.24) is 9.88 Å². The summed E-state index contributed by atoms with van der Waals surface area (Å²) in [6.07, 6.45) is 1.33. The Kier molecular flexibility index (Phi) is 6.16. The van der Waals surface area contributed by atoms with Crippen molar-refractivity contribution in [2.45, 2.75) is 43.1 Å². The molecular formula is C17H21ClN2O3S3. The van der Waals surface area contributed by atoms with Crippen molar-refractivity contribution in [3.05, 3.63) is 23.2 Å². The van der Waals surface area contributed by atoms with Gasteiger partial charge in [0.05, 0.1) is 27.5 Å². The number of carbonyl (C=O) groups excluding carboxylic acids is 1. The maximum absolute atomic E-state index is 12.9. The van der Waals surface area contributed by atoms with Crippen molar-refractivity contribution in [1.29, 1.82) is 0 Å². The summed E-state index contributed by atoms with van der Waals surface area (Å²) in [5.41, 5.74) is 0.832. The minimum atomic E-state index is -3.03. The quantitative estimate of drug-likeness (QED) is 0.648. The van der Waals surface area contributed by atoms with E-state index in [-0.39, 0.29) is 35.2 Å². The molecule has 1 saturated heterocycles. The predicted molar refractivity (Wildman–Crippen MR) is 109 cm³/mol. The molecule has 0 aliphatic carbocycles. The van der Waals surface area contributed by atoms with E-state index < -0.39 is 9.84 Å². The Labute approximate surface area is 167 Å². The maximum Gasteiger partial charge on any atom is 0.233 e. The van der Waals surface area contributed by atoms with E-state index >= 15 is 0 Å². The van der Waals surface area contributed by atoms with Crippen LogP contribution in [0.25, 0.3) is 10.2 Å². The molecule has 1 fully saturated rings. The Morgan fingerprint density at radius 3 is 2.92 bits per heavy atom. The summed E-state index contributed by atoms with van der Waals surface area (Å²) in [7, 11) is -3.03. The fourth-order valence-corrected chi connectivity index (χ4v) is 6.94. The van der Waals surface area contributed by atoms with Crippen LogP contribution in [0, 0.1) is 0 Å². The second-order valence-corrected chi connectivity index (χ2v) is 11.4. The lowest BCUT2D eigenvalue weighted by Crippen LogP contribution is -2.47. The van der Waals surface area contributed by atoms with Gasteiger partial charge in [-0.3, -0.25) is 4.79 Å². The van der Waals surface area contributed by atoms with E-state index in [1.165, 1.54) is 23.1 Å². The Morgan fingerprint density at radius 1 is 1.50 bits per heavy atom. The largest absolute Gasteiger partial charge is 0.335 e. The second kappa shape index (κ2) is 8.04. The smallest absolute Gasteiger partial charge is 0.233 e. The zero-order chi connectivity index (χ0) is 18.9. The number of rotatable bonds is 6. The van der Waals surface area contributed by atoms with Crippen LogP contribution in [0.3, 0.4) is 0 Å². The van der Waals surface area contributed by atoms with Crippen molar-refractivity contribution in [3.63, 3.8) is 0 Å². The maximum atomic E-state index is 12.9. The number of aromatic nitrogens is 1. The summed E-state index contributed by atoms with van der Waals surface area (Å²) in [6, 6.07) is 5.38. The Hall–Kier alpha value is -0.830. The minimum absolute atomic E-state index is 0.0237. The first-order valence-corrected chi connectivity index (χ1v) is 12.5. The molecule has 142 valence electrons.